The van der Waals surface area contributed by atoms with E-state index < -0.39 is 0 Å². The van der Waals surface area contributed by atoms with Gasteiger partial charge in [0.2, 0.25) is 5.88 Å². The van der Waals surface area contributed by atoms with Gasteiger partial charge in [-0.05, 0) is 55.3 Å². The second-order valence-corrected chi connectivity index (χ2v) is 6.55. The Morgan fingerprint density at radius 3 is 2.54 bits per heavy atom. The number of hydrogen-bond acceptors (Lipinski definition) is 4. The van der Waals surface area contributed by atoms with Gasteiger partial charge in [0.1, 0.15) is 11.3 Å². The van der Waals surface area contributed by atoms with Crippen LogP contribution in [0.1, 0.15) is 33.6 Å². The molecule has 0 bridgehead atoms. The van der Waals surface area contributed by atoms with Crippen LogP contribution < -0.4 is 15.4 Å². The minimum absolute atomic E-state index is 0.131. The Morgan fingerprint density at radius 2 is 1.75 bits per heavy atom. The first-order valence-electron chi connectivity index (χ1n) is 9.09. The minimum Gasteiger partial charge on any atom is -0.438 e. The van der Waals surface area contributed by atoms with Crippen LogP contribution in [0.4, 0.5) is 5.69 Å². The number of anilines is 1. The third-order valence-electron chi connectivity index (χ3n) is 4.27. The van der Waals surface area contributed by atoms with Crippen molar-refractivity contribution in [2.24, 2.45) is 0 Å². The highest BCUT2D eigenvalue weighted by Crippen LogP contribution is 2.24. The van der Waals surface area contributed by atoms with Gasteiger partial charge in [-0.25, -0.2) is 4.98 Å². The molecule has 2 aromatic carbocycles. The van der Waals surface area contributed by atoms with Crippen LogP contribution in [0.5, 0.6) is 11.6 Å². The number of rotatable bonds is 6. The van der Waals surface area contributed by atoms with E-state index in [2.05, 4.69) is 15.6 Å². The number of nitrogens with zero attached hydrogens (tertiary/aromatic N) is 1. The first-order valence-corrected chi connectivity index (χ1v) is 9.09. The van der Waals surface area contributed by atoms with Crippen LogP contribution in [0.3, 0.4) is 0 Å². The first kappa shape index (κ1) is 17.7. The predicted octanol–water partition coefficient (Wildman–Crippen LogP) is 4.02. The normalized spacial score (nSPS) is 12.9. The molecule has 2 amide bonds. The van der Waals surface area contributed by atoms with Gasteiger partial charge in [-0.15, -0.1) is 0 Å². The Bertz CT molecular complexity index is 1000. The molecule has 0 spiro atoms. The van der Waals surface area contributed by atoms with E-state index in [-0.39, 0.29) is 23.7 Å². The molecular formula is C22H19N3O3. The van der Waals surface area contributed by atoms with E-state index in [9.17, 15) is 9.59 Å². The maximum absolute atomic E-state index is 12.8. The zero-order valence-corrected chi connectivity index (χ0v) is 15.1. The number of benzene rings is 2. The molecule has 1 aliphatic carbocycles. The van der Waals surface area contributed by atoms with Crippen LogP contribution in [0.15, 0.2) is 72.9 Å². The molecule has 4 rings (SSSR count). The molecule has 0 aliphatic heterocycles. The molecule has 140 valence electrons. The minimum atomic E-state index is -0.362. The van der Waals surface area contributed by atoms with Gasteiger partial charge in [-0.2, -0.15) is 0 Å². The molecule has 1 saturated carbocycles. The molecule has 1 aliphatic rings. The van der Waals surface area contributed by atoms with Gasteiger partial charge in [0.25, 0.3) is 11.8 Å². The van der Waals surface area contributed by atoms with Crippen molar-refractivity contribution >= 4 is 17.5 Å². The molecule has 2 N–H and O–H groups in total. The fraction of sp³-hybridized carbons (Fsp3) is 0.136. The van der Waals surface area contributed by atoms with Crippen molar-refractivity contribution in [3.8, 4) is 11.6 Å². The van der Waals surface area contributed by atoms with Crippen molar-refractivity contribution in [1.29, 1.82) is 0 Å². The number of hydrogen-bond donors (Lipinski definition) is 2. The molecule has 28 heavy (non-hydrogen) atoms. The number of ether oxygens (including phenoxy) is 1. The van der Waals surface area contributed by atoms with Gasteiger partial charge >= 0.3 is 0 Å². The monoisotopic (exact) mass is 373 g/mol. The van der Waals surface area contributed by atoms with Crippen molar-refractivity contribution in [2.45, 2.75) is 18.9 Å². The van der Waals surface area contributed by atoms with E-state index in [0.717, 1.165) is 12.8 Å². The van der Waals surface area contributed by atoms with Gasteiger partial charge in [-0.3, -0.25) is 9.59 Å². The molecule has 1 fully saturated rings. The topological polar surface area (TPSA) is 80.3 Å². The number of aromatic nitrogens is 1. The van der Waals surface area contributed by atoms with Crippen molar-refractivity contribution in [2.75, 3.05) is 5.32 Å². The van der Waals surface area contributed by atoms with Gasteiger partial charge in [-0.1, -0.05) is 24.3 Å². The lowest BCUT2D eigenvalue weighted by Crippen LogP contribution is -2.25. The summed E-state index contributed by atoms with van der Waals surface area (Å²) in [6.07, 6.45) is 3.61. The summed E-state index contributed by atoms with van der Waals surface area (Å²) in [5.41, 5.74) is 1.35. The van der Waals surface area contributed by atoms with Crippen LogP contribution in [0.2, 0.25) is 0 Å². The number of para-hydroxylation sites is 1. The smallest absolute Gasteiger partial charge is 0.261 e. The number of nitrogens with one attached hydrogen (secondary N) is 2. The zero-order chi connectivity index (χ0) is 19.3. The molecule has 0 atom stereocenters. The summed E-state index contributed by atoms with van der Waals surface area (Å²) in [5, 5.41) is 5.75. The van der Waals surface area contributed by atoms with Gasteiger partial charge in [0.05, 0.1) is 0 Å². The number of amides is 2. The maximum Gasteiger partial charge on any atom is 0.261 e. The number of carbonyl (C=O) groups is 2. The highest BCUT2D eigenvalue weighted by Gasteiger charge is 2.24. The quantitative estimate of drug-likeness (QED) is 0.684. The average molecular weight is 373 g/mol. The van der Waals surface area contributed by atoms with Crippen molar-refractivity contribution in [1.82, 2.24) is 10.3 Å². The lowest BCUT2D eigenvalue weighted by atomic mass is 10.1. The van der Waals surface area contributed by atoms with Gasteiger partial charge < -0.3 is 15.4 Å². The largest absolute Gasteiger partial charge is 0.438 e. The number of carbonyl (C=O) groups excluding carboxylic acids is 2. The van der Waals surface area contributed by atoms with E-state index in [1.54, 1.807) is 54.7 Å². The summed E-state index contributed by atoms with van der Waals surface area (Å²) in [5.74, 6) is 0.315. The molecule has 6 heteroatoms. The Balaban J connectivity index is 1.50. The van der Waals surface area contributed by atoms with E-state index in [1.165, 1.54) is 0 Å². The molecule has 0 unspecified atom stereocenters. The lowest BCUT2D eigenvalue weighted by Gasteiger charge is -2.11. The van der Waals surface area contributed by atoms with E-state index >= 15 is 0 Å². The molecule has 0 radical (unpaired) electrons. The van der Waals surface area contributed by atoms with Crippen molar-refractivity contribution < 1.29 is 14.3 Å². The standard InChI is InChI=1S/C22H19N3O3/c26-20(24-16-11-12-16)15-6-4-7-17(14-15)25-21(27)19-10-5-13-23-22(19)28-18-8-2-1-3-9-18/h1-10,13-14,16H,11-12H2,(H,24,26)(H,25,27). The summed E-state index contributed by atoms with van der Waals surface area (Å²) in [4.78, 5) is 29.1. The second kappa shape index (κ2) is 7.92. The third kappa shape index (κ3) is 4.35. The van der Waals surface area contributed by atoms with Gasteiger partial charge in [0.15, 0.2) is 0 Å². The molecule has 6 nitrogen and oxygen atoms in total. The van der Waals surface area contributed by atoms with E-state index in [1.807, 2.05) is 18.2 Å². The Hall–Kier alpha value is -3.67. The summed E-state index contributed by atoms with van der Waals surface area (Å²) >= 11 is 0. The highest BCUT2D eigenvalue weighted by atomic mass is 16.5. The van der Waals surface area contributed by atoms with Crippen molar-refractivity contribution in [3.05, 3.63) is 84.1 Å². The number of pyridine rings is 1. The zero-order valence-electron chi connectivity index (χ0n) is 15.1. The third-order valence-corrected chi connectivity index (χ3v) is 4.27. The van der Waals surface area contributed by atoms with Crippen LogP contribution in [0.25, 0.3) is 0 Å². The lowest BCUT2D eigenvalue weighted by molar-refractivity contribution is 0.0949. The fourth-order valence-corrected chi connectivity index (χ4v) is 2.68. The summed E-state index contributed by atoms with van der Waals surface area (Å²) in [7, 11) is 0. The van der Waals surface area contributed by atoms with Crippen molar-refractivity contribution in [3.63, 3.8) is 0 Å². The Morgan fingerprint density at radius 1 is 0.929 bits per heavy atom. The Labute approximate surface area is 162 Å². The summed E-state index contributed by atoms with van der Waals surface area (Å²) in [6, 6.07) is 19.6. The van der Waals surface area contributed by atoms with Crippen LogP contribution in [0, 0.1) is 0 Å². The SMILES string of the molecule is O=C(NC1CC1)c1cccc(NC(=O)c2cccnc2Oc2ccccc2)c1. The van der Waals surface area contributed by atoms with E-state index in [4.69, 9.17) is 4.74 Å². The highest BCUT2D eigenvalue weighted by molar-refractivity contribution is 6.06. The fourth-order valence-electron chi connectivity index (χ4n) is 2.68. The van der Waals surface area contributed by atoms with E-state index in [0.29, 0.717) is 22.6 Å². The summed E-state index contributed by atoms with van der Waals surface area (Å²) < 4.78 is 5.74. The molecule has 0 saturated heterocycles. The van der Waals surface area contributed by atoms with Gasteiger partial charge in [0, 0.05) is 23.5 Å². The van der Waals surface area contributed by atoms with Crippen LogP contribution in [-0.2, 0) is 0 Å². The summed E-state index contributed by atoms with van der Waals surface area (Å²) in [6.45, 7) is 0. The predicted molar refractivity (Wildman–Crippen MR) is 106 cm³/mol. The van der Waals surface area contributed by atoms with Crippen LogP contribution in [-0.4, -0.2) is 22.8 Å². The molecule has 1 aromatic heterocycles. The molecular weight excluding hydrogens is 354 g/mol. The Kier molecular flexibility index (Phi) is 5.01. The second-order valence-electron chi connectivity index (χ2n) is 6.55. The maximum atomic E-state index is 12.8. The molecule has 1 heterocycles. The van der Waals surface area contributed by atoms with Crippen LogP contribution >= 0.6 is 0 Å². The molecule has 3 aromatic rings. The first-order chi connectivity index (χ1) is 13.7. The average Bonchev–Trinajstić information content (AvgIpc) is 3.53.